The summed E-state index contributed by atoms with van der Waals surface area (Å²) in [4.78, 5) is 0. The lowest BCUT2D eigenvalue weighted by Gasteiger charge is -2.33. The van der Waals surface area contributed by atoms with E-state index in [0.717, 1.165) is 16.6 Å². The van der Waals surface area contributed by atoms with Crippen LogP contribution in [0.4, 0.5) is 0 Å². The van der Waals surface area contributed by atoms with Crippen molar-refractivity contribution in [1.82, 2.24) is 0 Å². The Hall–Kier alpha value is -3.06. The maximum Gasteiger partial charge on any atom is 0.118 e. The van der Waals surface area contributed by atoms with E-state index in [2.05, 4.69) is 79.7 Å². The molecule has 0 fully saturated rings. The standard InChI is InChI=1S/C28H27O2P/c1-22(28(29)23-18-20-24(30-2)21-19-23)31(25-12-6-3-7-13-25,26-14-8-4-9-15-26)27-16-10-5-11-17-27/h3-21,28-29H,1-2H3. The van der Waals surface area contributed by atoms with Crippen LogP contribution in [0.25, 0.3) is 0 Å². The van der Waals surface area contributed by atoms with Gasteiger partial charge >= 0.3 is 0 Å². The smallest absolute Gasteiger partial charge is 0.118 e. The number of hydrogen-bond donors (Lipinski definition) is 1. The number of hydrogen-bond acceptors (Lipinski definition) is 2. The van der Waals surface area contributed by atoms with Gasteiger partial charge in [-0.1, -0.05) is 103 Å². The third-order valence-corrected chi connectivity index (χ3v) is 10.3. The molecule has 0 aliphatic rings. The summed E-state index contributed by atoms with van der Waals surface area (Å²) in [7, 11) is 1.65. The fourth-order valence-corrected chi connectivity index (χ4v) is 8.71. The number of aliphatic hydroxyl groups excluding tert-OH is 1. The van der Waals surface area contributed by atoms with Gasteiger partial charge in [0, 0.05) is 0 Å². The average Bonchev–Trinajstić information content (AvgIpc) is 2.86. The molecule has 4 aromatic carbocycles. The number of benzene rings is 4. The lowest BCUT2D eigenvalue weighted by atomic mass is 10.1. The van der Waals surface area contributed by atoms with Crippen molar-refractivity contribution >= 4 is 28.1 Å². The molecule has 4 aromatic rings. The molecule has 0 heterocycles. The zero-order valence-corrected chi connectivity index (χ0v) is 18.7. The molecule has 31 heavy (non-hydrogen) atoms. The lowest BCUT2D eigenvalue weighted by Crippen LogP contribution is -2.31. The first-order valence-electron chi connectivity index (χ1n) is 10.4. The van der Waals surface area contributed by atoms with Gasteiger partial charge in [-0.25, -0.2) is 0 Å². The van der Waals surface area contributed by atoms with Crippen molar-refractivity contribution in [2.45, 2.75) is 13.0 Å². The van der Waals surface area contributed by atoms with Crippen LogP contribution in [-0.2, 0) is 0 Å². The van der Waals surface area contributed by atoms with Gasteiger partial charge in [-0.15, -0.1) is 0 Å². The summed E-state index contributed by atoms with van der Waals surface area (Å²) in [5, 5.41) is 16.4. The first-order valence-corrected chi connectivity index (χ1v) is 12.2. The average molecular weight is 426 g/mol. The fraction of sp³-hybridized carbons (Fsp3) is 0.107. The summed E-state index contributed by atoms with van der Waals surface area (Å²) in [6.45, 7) is -0.142. The Morgan fingerprint density at radius 1 is 0.645 bits per heavy atom. The van der Waals surface area contributed by atoms with E-state index in [1.54, 1.807) is 7.11 Å². The monoisotopic (exact) mass is 426 g/mol. The molecule has 0 saturated heterocycles. The number of rotatable bonds is 6. The van der Waals surface area contributed by atoms with Gasteiger partial charge in [0.2, 0.25) is 0 Å². The van der Waals surface area contributed by atoms with E-state index in [-0.39, 0.29) is 0 Å². The zero-order chi connectivity index (χ0) is 21.7. The predicted octanol–water partition coefficient (Wildman–Crippen LogP) is 4.92. The van der Waals surface area contributed by atoms with Gasteiger partial charge in [-0.3, -0.25) is 0 Å². The molecule has 0 spiro atoms. The highest BCUT2D eigenvalue weighted by molar-refractivity contribution is 7.95. The van der Waals surface area contributed by atoms with Gasteiger partial charge in [0.05, 0.1) is 7.11 Å². The Labute approximate surface area is 184 Å². The second kappa shape index (κ2) is 9.39. The van der Waals surface area contributed by atoms with E-state index in [0.29, 0.717) is 0 Å². The topological polar surface area (TPSA) is 29.5 Å². The maximum absolute atomic E-state index is 11.6. The van der Waals surface area contributed by atoms with Gasteiger partial charge in [0.1, 0.15) is 11.9 Å². The minimum Gasteiger partial charge on any atom is -0.497 e. The van der Waals surface area contributed by atoms with Gasteiger partial charge in [-0.2, -0.15) is 0 Å². The van der Waals surface area contributed by atoms with Crippen LogP contribution in [0.2, 0.25) is 0 Å². The summed E-state index contributed by atoms with van der Waals surface area (Å²) in [5.74, 6) is 0.781. The third-order valence-electron chi connectivity index (χ3n) is 5.79. The van der Waals surface area contributed by atoms with Crippen molar-refractivity contribution < 1.29 is 9.84 Å². The van der Waals surface area contributed by atoms with E-state index in [4.69, 9.17) is 4.74 Å². The lowest BCUT2D eigenvalue weighted by molar-refractivity contribution is 0.249. The van der Waals surface area contributed by atoms with Crippen molar-refractivity contribution in [2.24, 2.45) is 0 Å². The first kappa shape index (κ1) is 21.2. The number of ether oxygens (including phenoxy) is 1. The highest BCUT2D eigenvalue weighted by atomic mass is 31.2. The minimum absolute atomic E-state index is 0.708. The van der Waals surface area contributed by atoms with Crippen LogP contribution in [0.5, 0.6) is 5.75 Å². The zero-order valence-electron chi connectivity index (χ0n) is 17.8. The normalized spacial score (nSPS) is 12.2. The summed E-state index contributed by atoms with van der Waals surface area (Å²) < 4.78 is 5.30. The second-order valence-corrected chi connectivity index (χ2v) is 11.1. The molecular formula is C28H27O2P. The molecule has 0 bridgehead atoms. The summed E-state index contributed by atoms with van der Waals surface area (Å²) >= 11 is 0. The Morgan fingerprint density at radius 3 is 1.39 bits per heavy atom. The van der Waals surface area contributed by atoms with Crippen LogP contribution < -0.4 is 20.7 Å². The van der Waals surface area contributed by atoms with Gasteiger partial charge in [0.15, 0.2) is 0 Å². The molecule has 3 heteroatoms. The van der Waals surface area contributed by atoms with E-state index in [1.807, 2.05) is 42.5 Å². The SMILES string of the molecule is COc1ccc(C(O)C(C)=P(c2ccccc2)(c2ccccc2)c2ccccc2)cc1. The Morgan fingerprint density at radius 2 is 1.03 bits per heavy atom. The predicted molar refractivity (Wildman–Crippen MR) is 134 cm³/mol. The highest BCUT2D eigenvalue weighted by Gasteiger charge is 2.31. The Kier molecular flexibility index (Phi) is 6.42. The molecule has 0 aliphatic heterocycles. The molecule has 2 nitrogen and oxygen atoms in total. The molecule has 0 radical (unpaired) electrons. The van der Waals surface area contributed by atoms with Crippen molar-refractivity contribution in [3.8, 4) is 5.75 Å². The van der Waals surface area contributed by atoms with Gasteiger partial charge < -0.3 is 9.84 Å². The van der Waals surface area contributed by atoms with Crippen LogP contribution in [0.15, 0.2) is 115 Å². The second-order valence-electron chi connectivity index (χ2n) is 7.49. The number of methoxy groups -OCH3 is 1. The summed E-state index contributed by atoms with van der Waals surface area (Å²) in [5.41, 5.74) is 0.866. The van der Waals surface area contributed by atoms with Gasteiger partial charge in [-0.05, 0) is 52.7 Å². The Bertz CT molecular complexity index is 1060. The van der Waals surface area contributed by atoms with Crippen LogP contribution in [0, 0.1) is 0 Å². The van der Waals surface area contributed by atoms with E-state index >= 15 is 0 Å². The van der Waals surface area contributed by atoms with Crippen LogP contribution in [0.1, 0.15) is 18.6 Å². The van der Waals surface area contributed by atoms with E-state index in [9.17, 15) is 5.11 Å². The van der Waals surface area contributed by atoms with Crippen LogP contribution in [0.3, 0.4) is 0 Å². The Balaban J connectivity index is 2.08. The molecular weight excluding hydrogens is 399 g/mol. The van der Waals surface area contributed by atoms with Crippen LogP contribution >= 0.6 is 6.89 Å². The molecule has 156 valence electrons. The van der Waals surface area contributed by atoms with Crippen molar-refractivity contribution in [2.75, 3.05) is 7.11 Å². The highest BCUT2D eigenvalue weighted by Crippen LogP contribution is 2.48. The molecule has 0 amide bonds. The summed E-state index contributed by atoms with van der Waals surface area (Å²) in [6, 6.07) is 39.5. The van der Waals surface area contributed by atoms with Crippen molar-refractivity contribution in [1.29, 1.82) is 0 Å². The first-order chi connectivity index (χ1) is 15.2. The summed E-state index contributed by atoms with van der Waals surface area (Å²) in [6.07, 6.45) is -0.708. The van der Waals surface area contributed by atoms with Gasteiger partial charge in [0.25, 0.3) is 0 Å². The number of aliphatic hydroxyl groups is 1. The molecule has 1 atom stereocenters. The minimum atomic E-state index is -2.25. The van der Waals surface area contributed by atoms with E-state index < -0.39 is 13.0 Å². The van der Waals surface area contributed by atoms with Crippen molar-refractivity contribution in [3.05, 3.63) is 121 Å². The van der Waals surface area contributed by atoms with Crippen LogP contribution in [-0.4, -0.2) is 17.5 Å². The van der Waals surface area contributed by atoms with E-state index in [1.165, 1.54) is 15.9 Å². The molecule has 0 aromatic heterocycles. The molecule has 1 N–H and O–H groups in total. The largest absolute Gasteiger partial charge is 0.497 e. The molecule has 0 aliphatic carbocycles. The van der Waals surface area contributed by atoms with Crippen molar-refractivity contribution in [3.63, 3.8) is 0 Å². The third kappa shape index (κ3) is 3.97. The quantitative estimate of drug-likeness (QED) is 0.444. The molecule has 4 rings (SSSR count). The maximum atomic E-state index is 11.6. The fourth-order valence-electron chi connectivity index (χ4n) is 4.22. The molecule has 0 saturated carbocycles. The molecule has 1 unspecified atom stereocenters.